The van der Waals surface area contributed by atoms with Gasteiger partial charge in [0.2, 0.25) is 0 Å². The molecule has 0 aliphatic carbocycles. The largest absolute Gasteiger partial charge is 0.478 e. The first-order valence-electron chi connectivity index (χ1n) is 3.95. The van der Waals surface area contributed by atoms with E-state index in [1.165, 1.54) is 0 Å². The monoisotopic (exact) mass is 251 g/mol. The molecule has 0 unspecified atom stereocenters. The molecule has 0 aromatic carbocycles. The summed E-state index contributed by atoms with van der Waals surface area (Å²) in [6.45, 7) is 0. The van der Waals surface area contributed by atoms with Crippen molar-refractivity contribution < 1.29 is 23.1 Å². The summed E-state index contributed by atoms with van der Waals surface area (Å²) in [5.41, 5.74) is -1.14. The summed E-state index contributed by atoms with van der Waals surface area (Å²) in [4.78, 5) is 13.3. The fourth-order valence-corrected chi connectivity index (χ4v) is 1.14. The van der Waals surface area contributed by atoms with E-state index in [0.29, 0.717) is 12.1 Å². The Morgan fingerprint density at radius 2 is 2.06 bits per heavy atom. The number of aromatic nitrogens is 1. The Hall–Kier alpha value is -1.56. The van der Waals surface area contributed by atoms with Gasteiger partial charge in [-0.25, -0.2) is 9.78 Å². The summed E-state index contributed by atoms with van der Waals surface area (Å²) < 4.78 is 36.9. The molecule has 0 radical (unpaired) electrons. The Morgan fingerprint density at radius 3 is 2.56 bits per heavy atom. The molecule has 0 saturated carbocycles. The number of aliphatic carboxylic acids is 1. The summed E-state index contributed by atoms with van der Waals surface area (Å²) in [6, 6.07) is 1.85. The van der Waals surface area contributed by atoms with Gasteiger partial charge >= 0.3 is 12.1 Å². The lowest BCUT2D eigenvalue weighted by Crippen LogP contribution is -2.08. The molecule has 7 heteroatoms. The van der Waals surface area contributed by atoms with Crippen LogP contribution in [0.4, 0.5) is 13.2 Å². The van der Waals surface area contributed by atoms with Gasteiger partial charge in [-0.3, -0.25) is 0 Å². The number of hydrogen-bond acceptors (Lipinski definition) is 2. The van der Waals surface area contributed by atoms with Crippen LogP contribution in [-0.4, -0.2) is 16.1 Å². The average Bonchev–Trinajstić information content (AvgIpc) is 2.12. The molecule has 0 aliphatic rings. The fourth-order valence-electron chi connectivity index (χ4n) is 0.926. The maximum atomic E-state index is 12.3. The van der Waals surface area contributed by atoms with Gasteiger partial charge < -0.3 is 5.11 Å². The third kappa shape index (κ3) is 3.54. The smallest absolute Gasteiger partial charge is 0.433 e. The summed E-state index contributed by atoms with van der Waals surface area (Å²) >= 11 is 5.38. The number of alkyl halides is 3. The molecule has 16 heavy (non-hydrogen) atoms. The molecule has 0 fully saturated rings. The number of hydrogen-bond donors (Lipinski definition) is 1. The van der Waals surface area contributed by atoms with Crippen molar-refractivity contribution in [3.8, 4) is 0 Å². The Bertz CT molecular complexity index is 443. The maximum absolute atomic E-state index is 12.3. The van der Waals surface area contributed by atoms with E-state index in [1.54, 1.807) is 0 Å². The Morgan fingerprint density at radius 1 is 1.44 bits per heavy atom. The predicted octanol–water partition coefficient (Wildman–Crippen LogP) is 2.85. The second kappa shape index (κ2) is 4.52. The zero-order valence-corrected chi connectivity index (χ0v) is 8.38. The van der Waals surface area contributed by atoms with Gasteiger partial charge in [-0.1, -0.05) is 11.6 Å². The Balaban J connectivity index is 3.13. The van der Waals surface area contributed by atoms with Crippen LogP contribution in [0.2, 0.25) is 5.15 Å². The van der Waals surface area contributed by atoms with Crippen molar-refractivity contribution in [3.63, 3.8) is 0 Å². The first-order chi connectivity index (χ1) is 7.29. The highest BCUT2D eigenvalue weighted by Crippen LogP contribution is 2.29. The van der Waals surface area contributed by atoms with Crippen molar-refractivity contribution in [2.24, 2.45) is 0 Å². The first-order valence-corrected chi connectivity index (χ1v) is 4.32. The van der Waals surface area contributed by atoms with Gasteiger partial charge in [-0.05, 0) is 23.8 Å². The van der Waals surface area contributed by atoms with Gasteiger partial charge in [-0.2, -0.15) is 13.2 Å². The molecule has 0 atom stereocenters. The lowest BCUT2D eigenvalue weighted by atomic mass is 10.2. The molecule has 0 saturated heterocycles. The lowest BCUT2D eigenvalue weighted by Gasteiger charge is -2.06. The van der Waals surface area contributed by atoms with Crippen molar-refractivity contribution in [3.05, 3.63) is 34.6 Å². The van der Waals surface area contributed by atoms with Crippen molar-refractivity contribution >= 4 is 23.6 Å². The van der Waals surface area contributed by atoms with Gasteiger partial charge in [-0.15, -0.1) is 0 Å². The minimum Gasteiger partial charge on any atom is -0.478 e. The summed E-state index contributed by atoms with van der Waals surface area (Å²) in [7, 11) is 0. The minimum absolute atomic E-state index is 0.0229. The number of halogens is 4. The molecule has 1 rings (SSSR count). The van der Waals surface area contributed by atoms with Gasteiger partial charge in [0.25, 0.3) is 0 Å². The van der Waals surface area contributed by atoms with Crippen molar-refractivity contribution in [2.45, 2.75) is 6.18 Å². The van der Waals surface area contributed by atoms with Crippen molar-refractivity contribution in [1.29, 1.82) is 0 Å². The van der Waals surface area contributed by atoms with E-state index in [2.05, 4.69) is 4.98 Å². The fraction of sp³-hybridized carbons (Fsp3) is 0.111. The van der Waals surface area contributed by atoms with Crippen molar-refractivity contribution in [2.75, 3.05) is 0 Å². The van der Waals surface area contributed by atoms with E-state index in [0.717, 1.165) is 12.1 Å². The van der Waals surface area contributed by atoms with E-state index < -0.39 is 17.8 Å². The van der Waals surface area contributed by atoms with E-state index in [9.17, 15) is 18.0 Å². The molecule has 0 amide bonds. The quantitative estimate of drug-likeness (QED) is 0.649. The highest BCUT2D eigenvalue weighted by atomic mass is 35.5. The van der Waals surface area contributed by atoms with Gasteiger partial charge in [0.05, 0.1) is 0 Å². The van der Waals surface area contributed by atoms with E-state index in [-0.39, 0.29) is 10.7 Å². The zero-order valence-electron chi connectivity index (χ0n) is 7.62. The molecule has 1 aromatic rings. The lowest BCUT2D eigenvalue weighted by molar-refractivity contribution is -0.141. The molecule has 1 aromatic heterocycles. The third-order valence-electron chi connectivity index (χ3n) is 1.53. The molecular formula is C9H5ClF3NO2. The third-order valence-corrected chi connectivity index (χ3v) is 1.72. The van der Waals surface area contributed by atoms with Gasteiger partial charge in [0, 0.05) is 6.08 Å². The highest BCUT2D eigenvalue weighted by molar-refractivity contribution is 6.29. The van der Waals surface area contributed by atoms with E-state index in [4.69, 9.17) is 16.7 Å². The van der Waals surface area contributed by atoms with Crippen LogP contribution in [0.1, 0.15) is 11.3 Å². The van der Waals surface area contributed by atoms with Crippen LogP contribution in [0.3, 0.4) is 0 Å². The molecule has 3 nitrogen and oxygen atoms in total. The predicted molar refractivity (Wildman–Crippen MR) is 50.9 cm³/mol. The second-order valence-electron chi connectivity index (χ2n) is 2.78. The summed E-state index contributed by atoms with van der Waals surface area (Å²) in [5, 5.41) is 7.97. The molecular weight excluding hydrogens is 247 g/mol. The number of nitrogens with zero attached hydrogens (tertiary/aromatic N) is 1. The van der Waals surface area contributed by atoms with E-state index in [1.807, 2.05) is 0 Å². The van der Waals surface area contributed by atoms with Gasteiger partial charge in [0.15, 0.2) is 0 Å². The van der Waals surface area contributed by atoms with Crippen LogP contribution in [0.5, 0.6) is 0 Å². The maximum Gasteiger partial charge on any atom is 0.433 e. The standard InChI is InChI=1S/C9H5ClF3NO2/c10-7-4-5(1-2-8(15)16)3-6(14-7)9(11,12)13/h1-4H,(H,15,16). The van der Waals surface area contributed by atoms with Crippen LogP contribution >= 0.6 is 11.6 Å². The molecule has 1 N–H and O–H groups in total. The average molecular weight is 252 g/mol. The minimum atomic E-state index is -4.61. The highest BCUT2D eigenvalue weighted by Gasteiger charge is 2.32. The zero-order chi connectivity index (χ0) is 12.3. The van der Waals surface area contributed by atoms with Gasteiger partial charge in [0.1, 0.15) is 10.8 Å². The van der Waals surface area contributed by atoms with E-state index >= 15 is 0 Å². The number of pyridine rings is 1. The molecule has 0 aliphatic heterocycles. The molecule has 0 bridgehead atoms. The Labute approximate surface area is 93.2 Å². The second-order valence-corrected chi connectivity index (χ2v) is 3.17. The van der Waals surface area contributed by atoms with Crippen LogP contribution in [-0.2, 0) is 11.0 Å². The Kier molecular flexibility index (Phi) is 3.54. The van der Waals surface area contributed by atoms with Crippen LogP contribution < -0.4 is 0 Å². The SMILES string of the molecule is O=C(O)C=Cc1cc(Cl)nc(C(F)(F)F)c1. The topological polar surface area (TPSA) is 50.2 Å². The normalized spacial score (nSPS) is 12.0. The molecule has 0 spiro atoms. The first kappa shape index (κ1) is 12.5. The van der Waals surface area contributed by atoms with Crippen LogP contribution in [0.25, 0.3) is 6.08 Å². The molecule has 1 heterocycles. The number of carboxylic acids is 1. The summed E-state index contributed by atoms with van der Waals surface area (Å²) in [5.74, 6) is -1.26. The number of carboxylic acid groups (broad SMARTS) is 1. The number of carbonyl (C=O) groups is 1. The van der Waals surface area contributed by atoms with Crippen molar-refractivity contribution in [1.82, 2.24) is 4.98 Å². The summed E-state index contributed by atoms with van der Waals surface area (Å²) in [6.07, 6.45) is -2.90. The molecule has 86 valence electrons. The number of rotatable bonds is 2. The van der Waals surface area contributed by atoms with Crippen LogP contribution in [0.15, 0.2) is 18.2 Å². The van der Waals surface area contributed by atoms with Crippen LogP contribution in [0, 0.1) is 0 Å².